The molecule has 0 aliphatic rings. The molecule has 0 aliphatic heterocycles. The molecular weight excluding hydrogens is 267 g/mol. The molecule has 1 aromatic heterocycles. The van der Waals surface area contributed by atoms with E-state index in [1.165, 1.54) is 36.4 Å². The highest BCUT2D eigenvalue weighted by Crippen LogP contribution is 2.23. The van der Waals surface area contributed by atoms with Gasteiger partial charge in [-0.05, 0) is 29.8 Å². The van der Waals surface area contributed by atoms with Crippen LogP contribution in [0.3, 0.4) is 0 Å². The predicted molar refractivity (Wildman–Crippen MR) is 66.1 cm³/mol. The van der Waals surface area contributed by atoms with Crippen molar-refractivity contribution < 1.29 is 28.6 Å². The van der Waals surface area contributed by atoms with Gasteiger partial charge in [-0.25, -0.2) is 9.18 Å². The van der Waals surface area contributed by atoms with Gasteiger partial charge < -0.3 is 14.6 Å². The average molecular weight is 278 g/mol. The Hall–Kier alpha value is -2.63. The highest BCUT2D eigenvalue weighted by Gasteiger charge is 2.22. The Bertz CT molecular complexity index is 629. The van der Waals surface area contributed by atoms with Crippen molar-refractivity contribution in [1.29, 1.82) is 0 Å². The van der Waals surface area contributed by atoms with Gasteiger partial charge in [-0.1, -0.05) is 12.1 Å². The molecular formula is C14H11FO5. The molecule has 5 nitrogen and oxygen atoms in total. The molecule has 0 bridgehead atoms. The predicted octanol–water partition coefficient (Wildman–Crippen LogP) is 2.53. The summed E-state index contributed by atoms with van der Waals surface area (Å²) in [6.45, 7) is 0. The number of aromatic carboxylic acids is 1. The lowest BCUT2D eigenvalue weighted by Gasteiger charge is -2.11. The zero-order valence-corrected chi connectivity index (χ0v) is 10.2. The molecule has 1 atom stereocenters. The number of carbonyl (C=O) groups is 2. The Morgan fingerprint density at radius 1 is 1.10 bits per heavy atom. The van der Waals surface area contributed by atoms with E-state index < -0.39 is 23.7 Å². The van der Waals surface area contributed by atoms with Crippen molar-refractivity contribution in [3.8, 4) is 0 Å². The quantitative estimate of drug-likeness (QED) is 0.877. The zero-order chi connectivity index (χ0) is 14.7. The Labute approximate surface area is 113 Å². The molecule has 20 heavy (non-hydrogen) atoms. The molecule has 0 saturated heterocycles. The Kier molecular flexibility index (Phi) is 3.84. The largest absolute Gasteiger partial charge is 0.481 e. The van der Waals surface area contributed by atoms with Crippen molar-refractivity contribution in [2.24, 2.45) is 0 Å². The van der Waals surface area contributed by atoms with Gasteiger partial charge in [0.25, 0.3) is 0 Å². The molecule has 2 rings (SSSR count). The topological polar surface area (TPSA) is 87.7 Å². The highest BCUT2D eigenvalue weighted by atomic mass is 19.1. The number of rotatable bonds is 5. The van der Waals surface area contributed by atoms with Gasteiger partial charge in [-0.15, -0.1) is 0 Å². The molecule has 0 amide bonds. The first kappa shape index (κ1) is 13.8. The molecule has 0 radical (unpaired) electrons. The van der Waals surface area contributed by atoms with E-state index in [0.29, 0.717) is 5.56 Å². The Morgan fingerprint density at radius 3 is 2.25 bits per heavy atom. The van der Waals surface area contributed by atoms with Crippen molar-refractivity contribution in [1.82, 2.24) is 0 Å². The standard InChI is InChI=1S/C14H11FO5/c15-9-3-1-8(2-4-9)11(13(16)17)7-10-5-6-12(20-10)14(18)19/h1-6,11H,7H2,(H,16,17)(H,18,19). The number of carboxylic acid groups (broad SMARTS) is 2. The molecule has 0 fully saturated rings. The maximum atomic E-state index is 12.8. The van der Waals surface area contributed by atoms with Gasteiger partial charge >= 0.3 is 11.9 Å². The number of hydrogen-bond acceptors (Lipinski definition) is 3. The van der Waals surface area contributed by atoms with Gasteiger partial charge in [0, 0.05) is 6.42 Å². The van der Waals surface area contributed by atoms with E-state index in [-0.39, 0.29) is 17.9 Å². The van der Waals surface area contributed by atoms with Crippen molar-refractivity contribution >= 4 is 11.9 Å². The zero-order valence-electron chi connectivity index (χ0n) is 10.2. The average Bonchev–Trinajstić information content (AvgIpc) is 2.86. The first-order valence-corrected chi connectivity index (χ1v) is 5.77. The molecule has 2 N–H and O–H groups in total. The Morgan fingerprint density at radius 2 is 1.75 bits per heavy atom. The van der Waals surface area contributed by atoms with Crippen LogP contribution < -0.4 is 0 Å². The molecule has 104 valence electrons. The third-order valence-corrected chi connectivity index (χ3v) is 2.85. The van der Waals surface area contributed by atoms with Crippen LogP contribution in [0.1, 0.15) is 27.8 Å². The lowest BCUT2D eigenvalue weighted by molar-refractivity contribution is -0.138. The van der Waals surface area contributed by atoms with Crippen LogP contribution in [0, 0.1) is 5.82 Å². The molecule has 0 spiro atoms. The fourth-order valence-corrected chi connectivity index (χ4v) is 1.85. The van der Waals surface area contributed by atoms with Crippen LogP contribution in [0.4, 0.5) is 4.39 Å². The van der Waals surface area contributed by atoms with E-state index in [2.05, 4.69) is 0 Å². The first-order valence-electron chi connectivity index (χ1n) is 5.77. The summed E-state index contributed by atoms with van der Waals surface area (Å²) in [5.74, 6) is -3.69. The molecule has 1 aromatic carbocycles. The normalized spacial score (nSPS) is 12.1. The fraction of sp³-hybridized carbons (Fsp3) is 0.143. The highest BCUT2D eigenvalue weighted by molar-refractivity contribution is 5.84. The smallest absolute Gasteiger partial charge is 0.371 e. The van der Waals surface area contributed by atoms with Gasteiger partial charge in [0.1, 0.15) is 11.6 Å². The van der Waals surface area contributed by atoms with E-state index >= 15 is 0 Å². The monoisotopic (exact) mass is 278 g/mol. The van der Waals surface area contributed by atoms with Crippen LogP contribution in [0.15, 0.2) is 40.8 Å². The lowest BCUT2D eigenvalue weighted by atomic mass is 9.95. The SMILES string of the molecule is O=C(O)c1ccc(CC(C(=O)O)c2ccc(F)cc2)o1. The summed E-state index contributed by atoms with van der Waals surface area (Å²) in [6, 6.07) is 7.81. The summed E-state index contributed by atoms with van der Waals surface area (Å²) >= 11 is 0. The molecule has 2 aromatic rings. The van der Waals surface area contributed by atoms with Crippen LogP contribution >= 0.6 is 0 Å². The third-order valence-electron chi connectivity index (χ3n) is 2.85. The number of halogens is 1. The molecule has 0 saturated carbocycles. The van der Waals surface area contributed by atoms with Crippen molar-refractivity contribution in [3.63, 3.8) is 0 Å². The summed E-state index contributed by atoms with van der Waals surface area (Å²) < 4.78 is 17.9. The lowest BCUT2D eigenvalue weighted by Crippen LogP contribution is -2.14. The molecule has 0 aliphatic carbocycles. The summed E-state index contributed by atoms with van der Waals surface area (Å²) in [5, 5.41) is 18.0. The van der Waals surface area contributed by atoms with Gasteiger partial charge in [0.15, 0.2) is 0 Å². The van der Waals surface area contributed by atoms with Crippen LogP contribution in [-0.4, -0.2) is 22.2 Å². The van der Waals surface area contributed by atoms with Gasteiger partial charge in [-0.2, -0.15) is 0 Å². The number of carboxylic acids is 2. The molecule has 6 heteroatoms. The van der Waals surface area contributed by atoms with Gasteiger partial charge in [-0.3, -0.25) is 4.79 Å². The van der Waals surface area contributed by atoms with E-state index in [1.54, 1.807) is 0 Å². The summed E-state index contributed by atoms with van der Waals surface area (Å²) in [6.07, 6.45) is -0.00571. The van der Waals surface area contributed by atoms with Crippen LogP contribution in [0.25, 0.3) is 0 Å². The van der Waals surface area contributed by atoms with Gasteiger partial charge in [0.05, 0.1) is 5.92 Å². The second-order valence-electron chi connectivity index (χ2n) is 4.22. The number of benzene rings is 1. The van der Waals surface area contributed by atoms with E-state index in [4.69, 9.17) is 9.52 Å². The van der Waals surface area contributed by atoms with Gasteiger partial charge in [0.2, 0.25) is 5.76 Å². The number of furan rings is 1. The number of hydrogen-bond donors (Lipinski definition) is 2. The van der Waals surface area contributed by atoms with E-state index in [9.17, 15) is 19.1 Å². The van der Waals surface area contributed by atoms with Crippen molar-refractivity contribution in [3.05, 3.63) is 59.3 Å². The van der Waals surface area contributed by atoms with Crippen LogP contribution in [0.2, 0.25) is 0 Å². The number of aliphatic carboxylic acids is 1. The maximum Gasteiger partial charge on any atom is 0.371 e. The molecule has 1 heterocycles. The molecule has 1 unspecified atom stereocenters. The van der Waals surface area contributed by atoms with Crippen molar-refractivity contribution in [2.75, 3.05) is 0 Å². The minimum atomic E-state index is -1.22. The van der Waals surface area contributed by atoms with Crippen molar-refractivity contribution in [2.45, 2.75) is 12.3 Å². The summed E-state index contributed by atoms with van der Waals surface area (Å²) in [5.41, 5.74) is 0.423. The third kappa shape index (κ3) is 3.03. The van der Waals surface area contributed by atoms with E-state index in [0.717, 1.165) is 0 Å². The minimum absolute atomic E-state index is 0.00571. The first-order chi connectivity index (χ1) is 9.47. The maximum absolute atomic E-state index is 12.8. The second kappa shape index (κ2) is 5.56. The van der Waals surface area contributed by atoms with Crippen LogP contribution in [-0.2, 0) is 11.2 Å². The minimum Gasteiger partial charge on any atom is -0.481 e. The van der Waals surface area contributed by atoms with E-state index in [1.807, 2.05) is 0 Å². The second-order valence-corrected chi connectivity index (χ2v) is 4.22. The van der Waals surface area contributed by atoms with Crippen LogP contribution in [0.5, 0.6) is 0 Å². The fourth-order valence-electron chi connectivity index (χ4n) is 1.85. The summed E-state index contributed by atoms with van der Waals surface area (Å²) in [4.78, 5) is 22.0. The Balaban J connectivity index is 2.23. The summed E-state index contributed by atoms with van der Waals surface area (Å²) in [7, 11) is 0.